The van der Waals surface area contributed by atoms with Crippen molar-refractivity contribution in [2.24, 2.45) is 0 Å². The van der Waals surface area contributed by atoms with Gasteiger partial charge in [-0.2, -0.15) is 0 Å². The van der Waals surface area contributed by atoms with Crippen LogP contribution < -0.4 is 0 Å². The zero-order chi connectivity index (χ0) is 20.7. The summed E-state index contributed by atoms with van der Waals surface area (Å²) in [6.07, 6.45) is 4.39. The molecule has 0 bridgehead atoms. The molecule has 0 fully saturated rings. The Hall–Kier alpha value is -2.35. The standard InChI is InChI=1S/C8H12N2O4S.C6H6N2O3S/c1-13-7(14-2)6-4-5-9-8(10-6)15(3,11)12;1-12(10,11)6-7-3-2-5(4-9)8-6/h4-5,7H,1-3H3;2-4H,1H3. The Kier molecular flexibility index (Phi) is 8.02. The summed E-state index contributed by atoms with van der Waals surface area (Å²) >= 11 is 0. The average molecular weight is 418 g/mol. The molecule has 0 aliphatic carbocycles. The Labute approximate surface area is 156 Å². The smallest absolute Gasteiger partial charge is 0.247 e. The molecule has 0 aliphatic rings. The third kappa shape index (κ3) is 7.05. The fourth-order valence-electron chi connectivity index (χ4n) is 1.60. The molecule has 0 aliphatic heterocycles. The molecule has 27 heavy (non-hydrogen) atoms. The van der Waals surface area contributed by atoms with Crippen LogP contribution in [0.4, 0.5) is 0 Å². The summed E-state index contributed by atoms with van der Waals surface area (Å²) in [5, 5.41) is -0.564. The highest BCUT2D eigenvalue weighted by molar-refractivity contribution is 7.90. The Morgan fingerprint density at radius 3 is 1.81 bits per heavy atom. The zero-order valence-corrected chi connectivity index (χ0v) is 16.6. The highest BCUT2D eigenvalue weighted by Crippen LogP contribution is 2.15. The highest BCUT2D eigenvalue weighted by Gasteiger charge is 2.16. The third-order valence-electron chi connectivity index (χ3n) is 2.76. The maximum Gasteiger partial charge on any atom is 0.247 e. The van der Waals surface area contributed by atoms with E-state index in [4.69, 9.17) is 9.47 Å². The third-order valence-corrected chi connectivity index (χ3v) is 4.48. The van der Waals surface area contributed by atoms with Crippen LogP contribution in [0.15, 0.2) is 34.8 Å². The van der Waals surface area contributed by atoms with Crippen LogP contribution in [0, 0.1) is 0 Å². The summed E-state index contributed by atoms with van der Waals surface area (Å²) in [5.41, 5.74) is 0.431. The SMILES string of the molecule is COC(OC)c1ccnc(S(C)(=O)=O)n1.CS(=O)(=O)c1nccc(C=O)n1. The summed E-state index contributed by atoms with van der Waals surface area (Å²) in [4.78, 5) is 24.7. The monoisotopic (exact) mass is 418 g/mol. The van der Waals surface area contributed by atoms with Gasteiger partial charge in [0.1, 0.15) is 11.4 Å². The van der Waals surface area contributed by atoms with Gasteiger partial charge in [-0.25, -0.2) is 36.8 Å². The minimum absolute atomic E-state index is 0.0606. The lowest BCUT2D eigenvalue weighted by Gasteiger charge is -2.12. The van der Waals surface area contributed by atoms with Gasteiger partial charge in [0.05, 0.1) is 0 Å². The molecule has 2 rings (SSSR count). The van der Waals surface area contributed by atoms with Crippen LogP contribution in [0.1, 0.15) is 22.5 Å². The minimum atomic E-state index is -3.42. The van der Waals surface area contributed by atoms with Crippen molar-refractivity contribution in [2.75, 3.05) is 26.7 Å². The van der Waals surface area contributed by atoms with E-state index in [0.29, 0.717) is 12.0 Å². The second-order valence-corrected chi connectivity index (χ2v) is 8.81. The second kappa shape index (κ2) is 9.55. The molecule has 0 aromatic carbocycles. The number of carbonyl (C=O) groups is 1. The first-order valence-electron chi connectivity index (χ1n) is 7.09. The second-order valence-electron chi connectivity index (χ2n) is 4.99. The first kappa shape index (κ1) is 22.7. The van der Waals surface area contributed by atoms with Gasteiger partial charge in [0.15, 0.2) is 6.29 Å². The van der Waals surface area contributed by atoms with E-state index in [1.807, 2.05) is 0 Å². The van der Waals surface area contributed by atoms with E-state index < -0.39 is 26.0 Å². The lowest BCUT2D eigenvalue weighted by atomic mass is 10.4. The molecule has 0 saturated heterocycles. The number of rotatable bonds is 6. The van der Waals surface area contributed by atoms with Crippen molar-refractivity contribution >= 4 is 26.0 Å². The van der Waals surface area contributed by atoms with Crippen molar-refractivity contribution in [3.63, 3.8) is 0 Å². The van der Waals surface area contributed by atoms with Crippen LogP contribution in [-0.4, -0.2) is 69.8 Å². The van der Waals surface area contributed by atoms with Crippen LogP contribution in [0.5, 0.6) is 0 Å². The number of carbonyl (C=O) groups excluding carboxylic acids is 1. The molecule has 148 valence electrons. The highest BCUT2D eigenvalue weighted by atomic mass is 32.2. The fraction of sp³-hybridized carbons (Fsp3) is 0.357. The molecule has 0 spiro atoms. The molecule has 2 heterocycles. The van der Waals surface area contributed by atoms with Gasteiger partial charge in [0.2, 0.25) is 36.3 Å². The van der Waals surface area contributed by atoms with Crippen molar-refractivity contribution in [1.82, 2.24) is 19.9 Å². The van der Waals surface area contributed by atoms with Gasteiger partial charge < -0.3 is 9.47 Å². The summed E-state index contributed by atoms with van der Waals surface area (Å²) in [5.74, 6) is 0. The Bertz CT molecular complexity index is 990. The molecule has 0 radical (unpaired) electrons. The lowest BCUT2D eigenvalue weighted by Crippen LogP contribution is -2.11. The molecular formula is C14H18N4O7S2. The van der Waals surface area contributed by atoms with Gasteiger partial charge in [-0.05, 0) is 12.1 Å². The Balaban J connectivity index is 0.000000277. The summed E-state index contributed by atoms with van der Waals surface area (Å²) in [7, 11) is -3.94. The van der Waals surface area contributed by atoms with Crippen molar-refractivity contribution < 1.29 is 31.1 Å². The number of hydrogen-bond donors (Lipinski definition) is 0. The predicted molar refractivity (Wildman–Crippen MR) is 92.4 cm³/mol. The molecule has 0 amide bonds. The summed E-state index contributed by atoms with van der Waals surface area (Å²) in [6.45, 7) is 0. The number of methoxy groups -OCH3 is 2. The average Bonchev–Trinajstić information content (AvgIpc) is 2.62. The molecule has 13 heteroatoms. The van der Waals surface area contributed by atoms with Crippen LogP contribution >= 0.6 is 0 Å². The van der Waals surface area contributed by atoms with Crippen molar-refractivity contribution in [2.45, 2.75) is 16.6 Å². The van der Waals surface area contributed by atoms with E-state index in [9.17, 15) is 21.6 Å². The minimum Gasteiger partial charge on any atom is -0.350 e. The number of nitrogens with zero attached hydrogens (tertiary/aromatic N) is 4. The Morgan fingerprint density at radius 2 is 1.37 bits per heavy atom. The lowest BCUT2D eigenvalue weighted by molar-refractivity contribution is -0.109. The molecular weight excluding hydrogens is 400 g/mol. The molecule has 2 aromatic heterocycles. The van der Waals surface area contributed by atoms with Crippen LogP contribution in [0.2, 0.25) is 0 Å². The number of aromatic nitrogens is 4. The summed E-state index contributed by atoms with van der Waals surface area (Å²) < 4.78 is 54.0. The van der Waals surface area contributed by atoms with Gasteiger partial charge in [0.25, 0.3) is 0 Å². The zero-order valence-electron chi connectivity index (χ0n) is 14.9. The van der Waals surface area contributed by atoms with Crippen LogP contribution in [-0.2, 0) is 29.1 Å². The maximum absolute atomic E-state index is 11.2. The Morgan fingerprint density at radius 1 is 0.889 bits per heavy atom. The van der Waals surface area contributed by atoms with E-state index in [1.54, 1.807) is 0 Å². The topological polar surface area (TPSA) is 155 Å². The van der Waals surface area contributed by atoms with Gasteiger partial charge in [0, 0.05) is 39.1 Å². The molecule has 0 saturated carbocycles. The van der Waals surface area contributed by atoms with E-state index in [-0.39, 0.29) is 16.0 Å². The van der Waals surface area contributed by atoms with Gasteiger partial charge >= 0.3 is 0 Å². The van der Waals surface area contributed by atoms with E-state index in [0.717, 1.165) is 12.5 Å². The van der Waals surface area contributed by atoms with Crippen molar-refractivity contribution in [3.8, 4) is 0 Å². The fourth-order valence-corrected chi connectivity index (χ4v) is 2.65. The summed E-state index contributed by atoms with van der Waals surface area (Å²) in [6, 6.07) is 2.87. The number of aldehydes is 1. The predicted octanol–water partition coefficient (Wildman–Crippen LogP) is -0.136. The van der Waals surface area contributed by atoms with Crippen LogP contribution in [0.3, 0.4) is 0 Å². The first-order chi connectivity index (χ1) is 12.5. The molecule has 2 aromatic rings. The quantitative estimate of drug-likeness (QED) is 0.349. The molecule has 0 unspecified atom stereocenters. The normalized spacial score (nSPS) is 11.6. The van der Waals surface area contributed by atoms with Crippen molar-refractivity contribution in [1.29, 1.82) is 0 Å². The molecule has 11 nitrogen and oxygen atoms in total. The molecule has 0 N–H and O–H groups in total. The van der Waals surface area contributed by atoms with Gasteiger partial charge in [-0.15, -0.1) is 0 Å². The van der Waals surface area contributed by atoms with E-state index in [1.165, 1.54) is 38.7 Å². The van der Waals surface area contributed by atoms with E-state index >= 15 is 0 Å². The largest absolute Gasteiger partial charge is 0.350 e. The van der Waals surface area contributed by atoms with Crippen LogP contribution in [0.25, 0.3) is 0 Å². The maximum atomic E-state index is 11.2. The number of sulfone groups is 2. The van der Waals surface area contributed by atoms with Gasteiger partial charge in [-0.1, -0.05) is 0 Å². The van der Waals surface area contributed by atoms with E-state index in [2.05, 4.69) is 19.9 Å². The number of ether oxygens (including phenoxy) is 2. The van der Waals surface area contributed by atoms with Crippen molar-refractivity contribution in [3.05, 3.63) is 35.9 Å². The number of hydrogen-bond acceptors (Lipinski definition) is 11. The van der Waals surface area contributed by atoms with Gasteiger partial charge in [-0.3, -0.25) is 4.79 Å². The molecule has 0 atom stereocenters. The first-order valence-corrected chi connectivity index (χ1v) is 10.9.